The van der Waals surface area contributed by atoms with E-state index in [0.29, 0.717) is 0 Å². The molecule has 9 heteroatoms. The Morgan fingerprint density at radius 3 is 2.29 bits per heavy atom. The highest BCUT2D eigenvalue weighted by Gasteiger charge is 2.41. The van der Waals surface area contributed by atoms with E-state index in [1.54, 1.807) is 0 Å². The molecule has 1 aliphatic rings. The van der Waals surface area contributed by atoms with Gasteiger partial charge in [-0.1, -0.05) is 0 Å². The third-order valence-electron chi connectivity index (χ3n) is 3.69. The van der Waals surface area contributed by atoms with Crippen LogP contribution in [0.3, 0.4) is 0 Å². The highest BCUT2D eigenvalue weighted by Crippen LogP contribution is 2.30. The predicted octanol–water partition coefficient (Wildman–Crippen LogP) is 1.83. The Morgan fingerprint density at radius 2 is 1.79 bits per heavy atom. The first-order chi connectivity index (χ1) is 11.2. The molecular weight excluding hydrogens is 331 g/mol. The van der Waals surface area contributed by atoms with E-state index in [1.165, 1.54) is 0 Å². The molecule has 0 atom stereocenters. The molecule has 1 aliphatic heterocycles. The number of carboxylic acid groups (broad SMARTS) is 1. The number of hydrogen-bond donors (Lipinski definition) is 2. The Labute approximate surface area is 135 Å². The highest BCUT2D eigenvalue weighted by molar-refractivity contribution is 5.87. The van der Waals surface area contributed by atoms with Crippen LogP contribution in [0, 0.1) is 0 Å². The zero-order chi connectivity index (χ0) is 17.8. The lowest BCUT2D eigenvalue weighted by Crippen LogP contribution is -2.58. The van der Waals surface area contributed by atoms with Gasteiger partial charge in [-0.25, -0.2) is 4.79 Å². The quantitative estimate of drug-likeness (QED) is 0.849. The third kappa shape index (κ3) is 4.38. The molecule has 0 bridgehead atoms. The summed E-state index contributed by atoms with van der Waals surface area (Å²) in [6.07, 6.45) is -4.18. The summed E-state index contributed by atoms with van der Waals surface area (Å²) in [5.74, 6) is -1.75. The van der Waals surface area contributed by atoms with Gasteiger partial charge in [-0.05, 0) is 24.3 Å². The van der Waals surface area contributed by atoms with Gasteiger partial charge in [0.05, 0.1) is 5.56 Å². The zero-order valence-electron chi connectivity index (χ0n) is 12.6. The maximum absolute atomic E-state index is 12.4. The summed E-state index contributed by atoms with van der Waals surface area (Å²) in [4.78, 5) is 23.3. The van der Waals surface area contributed by atoms with Crippen LogP contribution in [-0.4, -0.2) is 42.3 Å². The maximum atomic E-state index is 12.4. The summed E-state index contributed by atoms with van der Waals surface area (Å²) in [7, 11) is 0. The fraction of sp³-hybridized carbons (Fsp3) is 0.467. The van der Waals surface area contributed by atoms with Crippen LogP contribution in [0.4, 0.5) is 13.2 Å². The number of ether oxygens (including phenoxy) is 2. The minimum absolute atomic E-state index is 0.0782. The number of benzene rings is 1. The molecule has 0 spiro atoms. The minimum atomic E-state index is -4.45. The Kier molecular flexibility index (Phi) is 5.33. The van der Waals surface area contributed by atoms with Crippen molar-refractivity contribution >= 4 is 11.9 Å². The molecule has 1 amide bonds. The van der Waals surface area contributed by atoms with Gasteiger partial charge in [0.15, 0.2) is 6.61 Å². The van der Waals surface area contributed by atoms with E-state index in [2.05, 4.69) is 5.32 Å². The third-order valence-corrected chi connectivity index (χ3v) is 3.69. The van der Waals surface area contributed by atoms with Gasteiger partial charge in [-0.3, -0.25) is 4.79 Å². The van der Waals surface area contributed by atoms with Gasteiger partial charge < -0.3 is 19.9 Å². The number of carbonyl (C=O) groups is 2. The monoisotopic (exact) mass is 347 g/mol. The largest absolute Gasteiger partial charge is 0.484 e. The number of amides is 1. The van der Waals surface area contributed by atoms with Crippen molar-refractivity contribution in [2.45, 2.75) is 24.6 Å². The second kappa shape index (κ2) is 7.08. The Bertz CT molecular complexity index is 594. The number of nitrogens with one attached hydrogen (secondary N) is 1. The van der Waals surface area contributed by atoms with Gasteiger partial charge in [0.1, 0.15) is 11.3 Å². The van der Waals surface area contributed by atoms with Crippen molar-refractivity contribution in [3.05, 3.63) is 29.8 Å². The number of carbonyl (C=O) groups excluding carboxylic acids is 1. The summed E-state index contributed by atoms with van der Waals surface area (Å²) >= 11 is 0. The summed E-state index contributed by atoms with van der Waals surface area (Å²) in [6.45, 7) is -0.0695. The van der Waals surface area contributed by atoms with Gasteiger partial charge in [0.25, 0.3) is 5.91 Å². The first kappa shape index (κ1) is 18.1. The smallest absolute Gasteiger partial charge is 0.416 e. The molecule has 1 aromatic rings. The molecule has 0 aromatic heterocycles. The highest BCUT2D eigenvalue weighted by atomic mass is 19.4. The SMILES string of the molecule is O=C(COc1ccc(C(F)(F)F)cc1)NC1(C(=O)O)CCOCC1. The lowest BCUT2D eigenvalue weighted by molar-refractivity contribution is -0.152. The second-order valence-electron chi connectivity index (χ2n) is 5.36. The average molecular weight is 347 g/mol. The lowest BCUT2D eigenvalue weighted by Gasteiger charge is -2.33. The van der Waals surface area contributed by atoms with Gasteiger partial charge >= 0.3 is 12.1 Å². The minimum Gasteiger partial charge on any atom is -0.484 e. The normalized spacial score (nSPS) is 17.1. The topological polar surface area (TPSA) is 84.9 Å². The van der Waals surface area contributed by atoms with E-state index in [-0.39, 0.29) is 31.8 Å². The maximum Gasteiger partial charge on any atom is 0.416 e. The van der Waals surface area contributed by atoms with E-state index < -0.39 is 35.8 Å². The van der Waals surface area contributed by atoms with E-state index in [4.69, 9.17) is 9.47 Å². The molecule has 1 heterocycles. The van der Waals surface area contributed by atoms with Crippen LogP contribution in [0.15, 0.2) is 24.3 Å². The van der Waals surface area contributed by atoms with Crippen molar-refractivity contribution in [2.24, 2.45) is 0 Å². The van der Waals surface area contributed by atoms with Gasteiger partial charge in [0, 0.05) is 26.1 Å². The molecule has 132 valence electrons. The standard InChI is InChI=1S/C15H16F3NO5/c16-15(17,18)10-1-3-11(4-2-10)24-9-12(20)19-14(13(21)22)5-7-23-8-6-14/h1-4H,5-9H2,(H,19,20)(H,21,22). The fourth-order valence-corrected chi connectivity index (χ4v) is 2.30. The Hall–Kier alpha value is -2.29. The number of hydrogen-bond acceptors (Lipinski definition) is 4. The molecule has 2 N–H and O–H groups in total. The predicted molar refractivity (Wildman–Crippen MR) is 75.5 cm³/mol. The molecule has 0 radical (unpaired) electrons. The van der Waals surface area contributed by atoms with Gasteiger partial charge in [-0.15, -0.1) is 0 Å². The molecular formula is C15H16F3NO5. The van der Waals surface area contributed by atoms with Crippen LogP contribution < -0.4 is 10.1 Å². The molecule has 0 saturated carbocycles. The van der Waals surface area contributed by atoms with Crippen molar-refractivity contribution < 1.29 is 37.3 Å². The molecule has 0 unspecified atom stereocenters. The summed E-state index contributed by atoms with van der Waals surface area (Å²) in [6, 6.07) is 3.87. The summed E-state index contributed by atoms with van der Waals surface area (Å²) < 4.78 is 47.5. The molecule has 1 saturated heterocycles. The molecule has 2 rings (SSSR count). The van der Waals surface area contributed by atoms with Crippen molar-refractivity contribution in [1.29, 1.82) is 0 Å². The summed E-state index contributed by atoms with van der Waals surface area (Å²) in [5.41, 5.74) is -2.23. The van der Waals surface area contributed by atoms with Crippen molar-refractivity contribution in [2.75, 3.05) is 19.8 Å². The van der Waals surface area contributed by atoms with Crippen molar-refractivity contribution in [3.8, 4) is 5.75 Å². The van der Waals surface area contributed by atoms with E-state index in [1.807, 2.05) is 0 Å². The Morgan fingerprint density at radius 1 is 1.21 bits per heavy atom. The first-order valence-corrected chi connectivity index (χ1v) is 7.15. The second-order valence-corrected chi connectivity index (χ2v) is 5.36. The lowest BCUT2D eigenvalue weighted by atomic mass is 9.90. The van der Waals surface area contributed by atoms with Crippen LogP contribution in [-0.2, 0) is 20.5 Å². The fourth-order valence-electron chi connectivity index (χ4n) is 2.30. The number of alkyl halides is 3. The van der Waals surface area contributed by atoms with Gasteiger partial charge in [-0.2, -0.15) is 13.2 Å². The van der Waals surface area contributed by atoms with Crippen molar-refractivity contribution in [1.82, 2.24) is 5.32 Å². The molecule has 1 aromatic carbocycles. The van der Waals surface area contributed by atoms with Crippen LogP contribution in [0.2, 0.25) is 0 Å². The molecule has 6 nitrogen and oxygen atoms in total. The molecule has 24 heavy (non-hydrogen) atoms. The molecule has 0 aliphatic carbocycles. The van der Waals surface area contributed by atoms with Crippen LogP contribution in [0.5, 0.6) is 5.75 Å². The number of carboxylic acids is 1. The van der Waals surface area contributed by atoms with Crippen LogP contribution in [0.1, 0.15) is 18.4 Å². The van der Waals surface area contributed by atoms with Crippen LogP contribution >= 0.6 is 0 Å². The number of halogens is 3. The molecule has 1 fully saturated rings. The first-order valence-electron chi connectivity index (χ1n) is 7.15. The van der Waals surface area contributed by atoms with Gasteiger partial charge in [0.2, 0.25) is 0 Å². The van der Waals surface area contributed by atoms with E-state index in [0.717, 1.165) is 24.3 Å². The number of aliphatic carboxylic acids is 1. The van der Waals surface area contributed by atoms with Crippen molar-refractivity contribution in [3.63, 3.8) is 0 Å². The number of rotatable bonds is 5. The zero-order valence-corrected chi connectivity index (χ0v) is 12.6. The van der Waals surface area contributed by atoms with Crippen LogP contribution in [0.25, 0.3) is 0 Å². The van der Waals surface area contributed by atoms with E-state index in [9.17, 15) is 27.9 Å². The summed E-state index contributed by atoms with van der Waals surface area (Å²) in [5, 5.41) is 11.7. The van der Waals surface area contributed by atoms with E-state index >= 15 is 0 Å². The Balaban J connectivity index is 1.91. The average Bonchev–Trinajstić information content (AvgIpc) is 2.53.